The average Bonchev–Trinajstić information content (AvgIpc) is 2.96. The highest BCUT2D eigenvalue weighted by atomic mass is 35.5. The Bertz CT molecular complexity index is 1000. The average molecular weight is 347 g/mol. The van der Waals surface area contributed by atoms with Crippen LogP contribution in [-0.4, -0.2) is 9.97 Å². The number of para-hydroxylation sites is 1. The third-order valence-corrected chi connectivity index (χ3v) is 4.92. The molecule has 4 rings (SSSR count). The summed E-state index contributed by atoms with van der Waals surface area (Å²) < 4.78 is 0. The second kappa shape index (κ2) is 6.73. The molecular formula is C22H19ClN2. The molecule has 0 radical (unpaired) electrons. The highest BCUT2D eigenvalue weighted by Gasteiger charge is 2.22. The van der Waals surface area contributed by atoms with Gasteiger partial charge in [-0.15, -0.1) is 0 Å². The fourth-order valence-corrected chi connectivity index (χ4v) is 3.78. The van der Waals surface area contributed by atoms with Crippen molar-refractivity contribution < 1.29 is 0 Å². The summed E-state index contributed by atoms with van der Waals surface area (Å²) in [7, 11) is 0. The van der Waals surface area contributed by atoms with Gasteiger partial charge >= 0.3 is 0 Å². The van der Waals surface area contributed by atoms with E-state index in [1.165, 1.54) is 27.7 Å². The summed E-state index contributed by atoms with van der Waals surface area (Å²) in [6.45, 7) is 2.14. The largest absolute Gasteiger partial charge is 0.358 e. The normalized spacial score (nSPS) is 12.4. The monoisotopic (exact) mass is 346 g/mol. The van der Waals surface area contributed by atoms with Crippen LogP contribution >= 0.6 is 11.6 Å². The summed E-state index contributed by atoms with van der Waals surface area (Å²) in [5.41, 5.74) is 5.98. The van der Waals surface area contributed by atoms with E-state index in [9.17, 15) is 0 Å². The van der Waals surface area contributed by atoms with Crippen molar-refractivity contribution >= 4 is 22.5 Å². The van der Waals surface area contributed by atoms with E-state index in [1.54, 1.807) is 0 Å². The molecule has 25 heavy (non-hydrogen) atoms. The zero-order chi connectivity index (χ0) is 17.2. The van der Waals surface area contributed by atoms with Crippen molar-refractivity contribution in [3.63, 3.8) is 0 Å². The van der Waals surface area contributed by atoms with E-state index in [0.717, 1.165) is 17.1 Å². The molecule has 124 valence electrons. The molecule has 1 atom stereocenters. The van der Waals surface area contributed by atoms with Crippen molar-refractivity contribution in [1.29, 1.82) is 0 Å². The highest BCUT2D eigenvalue weighted by molar-refractivity contribution is 6.30. The van der Waals surface area contributed by atoms with E-state index < -0.39 is 0 Å². The second-order valence-electron chi connectivity index (χ2n) is 6.34. The Hall–Kier alpha value is -2.58. The first-order chi connectivity index (χ1) is 12.2. The summed E-state index contributed by atoms with van der Waals surface area (Å²) in [4.78, 5) is 8.07. The number of rotatable bonds is 4. The molecule has 1 N–H and O–H groups in total. The first kappa shape index (κ1) is 15.9. The number of halogens is 1. The molecule has 2 heterocycles. The van der Waals surface area contributed by atoms with Gasteiger partial charge in [-0.05, 0) is 48.4 Å². The SMILES string of the molecule is Cc1[nH]c2ccccc2c1C(Cc1ccccn1)c1cccc(Cl)c1. The number of aryl methyl sites for hydroxylation is 1. The standard InChI is InChI=1S/C22H19ClN2/c1-15-22(19-10-2-3-11-21(19)25-15)20(14-18-9-4-5-12-24-18)16-7-6-8-17(23)13-16/h2-13,20,25H,14H2,1H3. The first-order valence-electron chi connectivity index (χ1n) is 8.45. The van der Waals surface area contributed by atoms with Gasteiger partial charge in [-0.25, -0.2) is 0 Å². The first-order valence-corrected chi connectivity index (χ1v) is 8.83. The van der Waals surface area contributed by atoms with Crippen LogP contribution in [0.2, 0.25) is 5.02 Å². The van der Waals surface area contributed by atoms with Crippen LogP contribution in [0.15, 0.2) is 72.9 Å². The second-order valence-corrected chi connectivity index (χ2v) is 6.78. The van der Waals surface area contributed by atoms with Gasteiger partial charge in [0.25, 0.3) is 0 Å². The summed E-state index contributed by atoms with van der Waals surface area (Å²) in [5.74, 6) is 0.199. The van der Waals surface area contributed by atoms with Gasteiger partial charge < -0.3 is 4.98 Å². The van der Waals surface area contributed by atoms with E-state index in [0.29, 0.717) is 0 Å². The third kappa shape index (κ3) is 3.18. The summed E-state index contributed by atoms with van der Waals surface area (Å²) in [6.07, 6.45) is 2.69. The minimum atomic E-state index is 0.199. The molecule has 0 saturated carbocycles. The van der Waals surface area contributed by atoms with E-state index in [4.69, 9.17) is 11.6 Å². The lowest BCUT2D eigenvalue weighted by atomic mass is 9.85. The summed E-state index contributed by atoms with van der Waals surface area (Å²) in [5, 5.41) is 2.03. The number of aromatic amines is 1. The maximum absolute atomic E-state index is 6.29. The molecule has 2 aromatic heterocycles. The molecule has 1 unspecified atom stereocenters. The number of benzene rings is 2. The number of fused-ring (bicyclic) bond motifs is 1. The number of hydrogen-bond acceptors (Lipinski definition) is 1. The zero-order valence-electron chi connectivity index (χ0n) is 14.0. The minimum Gasteiger partial charge on any atom is -0.358 e. The molecule has 4 aromatic rings. The van der Waals surface area contributed by atoms with Crippen LogP contribution in [0.25, 0.3) is 10.9 Å². The lowest BCUT2D eigenvalue weighted by molar-refractivity contribution is 0.782. The van der Waals surface area contributed by atoms with Crippen LogP contribution in [0.4, 0.5) is 0 Å². The molecule has 0 saturated heterocycles. The maximum atomic E-state index is 6.29. The van der Waals surface area contributed by atoms with Crippen LogP contribution in [0, 0.1) is 6.92 Å². The van der Waals surface area contributed by atoms with E-state index in [2.05, 4.69) is 59.4 Å². The Morgan fingerprint density at radius 1 is 1.00 bits per heavy atom. The van der Waals surface area contributed by atoms with Crippen molar-refractivity contribution in [3.05, 3.63) is 100 Å². The van der Waals surface area contributed by atoms with Crippen LogP contribution < -0.4 is 0 Å². The fourth-order valence-electron chi connectivity index (χ4n) is 3.59. The van der Waals surface area contributed by atoms with E-state index >= 15 is 0 Å². The van der Waals surface area contributed by atoms with Crippen LogP contribution in [0.3, 0.4) is 0 Å². The van der Waals surface area contributed by atoms with Crippen molar-refractivity contribution in [2.45, 2.75) is 19.3 Å². The number of pyridine rings is 1. The molecule has 2 nitrogen and oxygen atoms in total. The Labute approximate surface area is 152 Å². The van der Waals surface area contributed by atoms with Gasteiger partial charge in [-0.2, -0.15) is 0 Å². The maximum Gasteiger partial charge on any atom is 0.0459 e. The predicted octanol–water partition coefficient (Wildman–Crippen LogP) is 5.90. The molecule has 0 amide bonds. The predicted molar refractivity (Wildman–Crippen MR) is 104 cm³/mol. The van der Waals surface area contributed by atoms with Gasteiger partial charge in [0.1, 0.15) is 0 Å². The summed E-state index contributed by atoms with van der Waals surface area (Å²) >= 11 is 6.29. The molecule has 3 heteroatoms. The smallest absolute Gasteiger partial charge is 0.0459 e. The van der Waals surface area contributed by atoms with Gasteiger partial charge in [0.2, 0.25) is 0 Å². The van der Waals surface area contributed by atoms with Gasteiger partial charge in [0.15, 0.2) is 0 Å². The van der Waals surface area contributed by atoms with Gasteiger partial charge in [0, 0.05) is 45.8 Å². The summed E-state index contributed by atoms with van der Waals surface area (Å²) in [6, 6.07) is 22.7. The van der Waals surface area contributed by atoms with Gasteiger partial charge in [-0.1, -0.05) is 48.0 Å². The lowest BCUT2D eigenvalue weighted by Crippen LogP contribution is -2.07. The Balaban J connectivity index is 1.89. The molecule has 0 bridgehead atoms. The molecular weight excluding hydrogens is 328 g/mol. The Morgan fingerprint density at radius 3 is 2.64 bits per heavy atom. The molecule has 2 aromatic carbocycles. The molecule has 0 aliphatic rings. The Kier molecular flexibility index (Phi) is 4.29. The minimum absolute atomic E-state index is 0.199. The number of aromatic nitrogens is 2. The van der Waals surface area contributed by atoms with Crippen LogP contribution in [0.1, 0.15) is 28.4 Å². The zero-order valence-corrected chi connectivity index (χ0v) is 14.8. The van der Waals surface area contributed by atoms with Crippen molar-refractivity contribution in [2.75, 3.05) is 0 Å². The molecule has 0 aliphatic carbocycles. The number of H-pyrrole nitrogens is 1. The molecule has 0 fully saturated rings. The lowest BCUT2D eigenvalue weighted by Gasteiger charge is -2.19. The number of nitrogens with zero attached hydrogens (tertiary/aromatic N) is 1. The van der Waals surface area contributed by atoms with E-state index in [1.807, 2.05) is 30.5 Å². The van der Waals surface area contributed by atoms with Crippen molar-refractivity contribution in [2.24, 2.45) is 0 Å². The topological polar surface area (TPSA) is 28.7 Å². The third-order valence-electron chi connectivity index (χ3n) is 4.68. The van der Waals surface area contributed by atoms with Crippen LogP contribution in [0.5, 0.6) is 0 Å². The number of hydrogen-bond donors (Lipinski definition) is 1. The molecule has 0 aliphatic heterocycles. The Morgan fingerprint density at radius 2 is 1.84 bits per heavy atom. The van der Waals surface area contributed by atoms with Crippen molar-refractivity contribution in [3.8, 4) is 0 Å². The molecule has 0 spiro atoms. The van der Waals surface area contributed by atoms with Gasteiger partial charge in [0.05, 0.1) is 0 Å². The van der Waals surface area contributed by atoms with E-state index in [-0.39, 0.29) is 5.92 Å². The van der Waals surface area contributed by atoms with Gasteiger partial charge in [-0.3, -0.25) is 4.98 Å². The van der Waals surface area contributed by atoms with Crippen molar-refractivity contribution in [1.82, 2.24) is 9.97 Å². The highest BCUT2D eigenvalue weighted by Crippen LogP contribution is 2.36. The fraction of sp³-hybridized carbons (Fsp3) is 0.136. The quantitative estimate of drug-likeness (QED) is 0.489. The number of nitrogens with one attached hydrogen (secondary N) is 1. The van der Waals surface area contributed by atoms with Crippen LogP contribution in [-0.2, 0) is 6.42 Å².